The first-order valence-electron chi connectivity index (χ1n) is 11.8. The average molecular weight is 410 g/mol. The van der Waals surface area contributed by atoms with Crippen LogP contribution in [-0.4, -0.2) is 61.8 Å². The van der Waals surface area contributed by atoms with Gasteiger partial charge in [-0.3, -0.25) is 33.2 Å². The maximum Gasteiger partial charge on any atom is 0.0523 e. The van der Waals surface area contributed by atoms with E-state index in [-0.39, 0.29) is 0 Å². The van der Waals surface area contributed by atoms with Crippen LogP contribution in [0.15, 0.2) is 18.2 Å². The van der Waals surface area contributed by atoms with E-state index in [0.29, 0.717) is 24.2 Å². The molecule has 2 fully saturated rings. The van der Waals surface area contributed by atoms with Crippen LogP contribution in [0.5, 0.6) is 0 Å². The first kappa shape index (κ1) is 22.2. The number of rotatable bonds is 0. The van der Waals surface area contributed by atoms with Gasteiger partial charge < -0.3 is 19.6 Å². The van der Waals surface area contributed by atoms with Crippen molar-refractivity contribution < 1.29 is 0 Å². The zero-order chi connectivity index (χ0) is 21.1. The largest absolute Gasteiger partial charge is 0.454 e. The van der Waals surface area contributed by atoms with Crippen molar-refractivity contribution in [2.45, 2.75) is 88.6 Å². The van der Waals surface area contributed by atoms with Gasteiger partial charge in [-0.25, -0.2) is 0 Å². The molecule has 0 unspecified atom stereocenters. The summed E-state index contributed by atoms with van der Waals surface area (Å²) in [5.41, 5.74) is 2.20. The first-order chi connectivity index (χ1) is 14.5. The summed E-state index contributed by atoms with van der Waals surface area (Å²) in [5.74, 6) is 0. The minimum atomic E-state index is 0.428. The van der Waals surface area contributed by atoms with Crippen LogP contribution in [0, 0.1) is 28.2 Å². The van der Waals surface area contributed by atoms with Gasteiger partial charge in [-0.2, -0.15) is 0 Å². The SMILES string of the molecule is [CH2-]N1CCN([CH2-])[C@@H]2CCCC[C@H]2N([CH2-])Cc2cccc(n2)CN([CH2-])[C@@H]2CCCC[C@H]21. The third-order valence-corrected chi connectivity index (χ3v) is 7.53. The monoisotopic (exact) mass is 409 g/mol. The van der Waals surface area contributed by atoms with E-state index in [4.69, 9.17) is 4.98 Å². The van der Waals surface area contributed by atoms with Crippen LogP contribution in [0.2, 0.25) is 0 Å². The topological polar surface area (TPSA) is 25.9 Å². The summed E-state index contributed by atoms with van der Waals surface area (Å²) >= 11 is 0. The van der Waals surface area contributed by atoms with Gasteiger partial charge in [-0.1, -0.05) is 31.7 Å². The molecule has 5 heteroatoms. The molecule has 1 aromatic rings. The molecular weight excluding hydrogens is 370 g/mol. The third kappa shape index (κ3) is 5.07. The van der Waals surface area contributed by atoms with Gasteiger partial charge in [0.15, 0.2) is 0 Å². The summed E-state index contributed by atoms with van der Waals surface area (Å²) in [4.78, 5) is 14.1. The molecule has 4 atom stereocenters. The lowest BCUT2D eigenvalue weighted by atomic mass is 9.87. The quantitative estimate of drug-likeness (QED) is 0.601. The van der Waals surface area contributed by atoms with E-state index in [9.17, 15) is 0 Å². The van der Waals surface area contributed by atoms with Crippen molar-refractivity contribution in [3.05, 3.63) is 57.8 Å². The molecule has 3 aliphatic rings. The number of nitrogens with zero attached hydrogens (tertiary/aromatic N) is 5. The van der Waals surface area contributed by atoms with E-state index in [1.807, 2.05) is 0 Å². The summed E-state index contributed by atoms with van der Waals surface area (Å²) in [6.45, 7) is 3.47. The summed E-state index contributed by atoms with van der Waals surface area (Å²) in [6, 6.07) is 8.15. The predicted molar refractivity (Wildman–Crippen MR) is 122 cm³/mol. The van der Waals surface area contributed by atoms with Crippen LogP contribution < -0.4 is 0 Å². The fourth-order valence-electron chi connectivity index (χ4n) is 5.83. The Kier molecular flexibility index (Phi) is 7.45. The lowest BCUT2D eigenvalue weighted by Crippen LogP contribution is -2.53. The predicted octanol–water partition coefficient (Wildman–Crippen LogP) is 4.09. The minimum absolute atomic E-state index is 0.428. The average Bonchev–Trinajstić information content (AvgIpc) is 2.77. The van der Waals surface area contributed by atoms with Gasteiger partial charge in [-0.15, -0.1) is 0 Å². The second-order valence-corrected chi connectivity index (χ2v) is 9.58. The highest BCUT2D eigenvalue weighted by atomic mass is 15.3. The molecule has 1 aliphatic heterocycles. The van der Waals surface area contributed by atoms with E-state index < -0.39 is 0 Å². The number of hydrogen-bond donors (Lipinski definition) is 0. The van der Waals surface area contributed by atoms with Gasteiger partial charge in [0.05, 0.1) is 11.4 Å². The normalized spacial score (nSPS) is 33.9. The molecular formula is C25H39N5-4. The summed E-state index contributed by atoms with van der Waals surface area (Å²) in [5, 5.41) is 0. The van der Waals surface area contributed by atoms with Crippen LogP contribution in [0.4, 0.5) is 0 Å². The fourth-order valence-corrected chi connectivity index (χ4v) is 5.83. The van der Waals surface area contributed by atoms with E-state index >= 15 is 0 Å². The van der Waals surface area contributed by atoms with E-state index in [1.165, 1.54) is 51.4 Å². The van der Waals surface area contributed by atoms with Crippen molar-refractivity contribution in [2.24, 2.45) is 0 Å². The zero-order valence-electron chi connectivity index (χ0n) is 18.6. The molecule has 2 saturated carbocycles. The third-order valence-electron chi connectivity index (χ3n) is 7.53. The van der Waals surface area contributed by atoms with Crippen LogP contribution in [0.25, 0.3) is 0 Å². The van der Waals surface area contributed by atoms with Crippen molar-refractivity contribution in [3.63, 3.8) is 0 Å². The molecule has 0 aromatic carbocycles. The van der Waals surface area contributed by atoms with Crippen molar-refractivity contribution >= 4 is 0 Å². The van der Waals surface area contributed by atoms with Gasteiger partial charge in [0, 0.05) is 13.1 Å². The Balaban J connectivity index is 1.61. The number of fused-ring (bicyclic) bond motifs is 4. The first-order valence-corrected chi connectivity index (χ1v) is 11.8. The lowest BCUT2D eigenvalue weighted by Gasteiger charge is -2.52. The zero-order valence-corrected chi connectivity index (χ0v) is 18.6. The Bertz CT molecular complexity index is 626. The highest BCUT2D eigenvalue weighted by Gasteiger charge is 2.29. The smallest absolute Gasteiger partial charge is 0.0523 e. The van der Waals surface area contributed by atoms with Crippen molar-refractivity contribution in [2.75, 3.05) is 13.1 Å². The molecule has 1 aromatic heterocycles. The molecule has 2 aliphatic carbocycles. The maximum atomic E-state index is 4.98. The van der Waals surface area contributed by atoms with Crippen LogP contribution in [-0.2, 0) is 13.1 Å². The Hall–Kier alpha value is -1.01. The molecule has 5 nitrogen and oxygen atoms in total. The molecule has 0 saturated heterocycles. The Labute approximate surface area is 184 Å². The number of hydrogen-bond acceptors (Lipinski definition) is 5. The minimum Gasteiger partial charge on any atom is -0.454 e. The van der Waals surface area contributed by atoms with E-state index in [2.05, 4.69) is 66.0 Å². The molecule has 0 radical (unpaired) electrons. The maximum absolute atomic E-state index is 4.98. The van der Waals surface area contributed by atoms with Gasteiger partial charge in [0.1, 0.15) is 0 Å². The Morgan fingerprint density at radius 3 is 1.37 bits per heavy atom. The molecule has 0 N–H and O–H groups in total. The second-order valence-electron chi connectivity index (χ2n) is 9.58. The van der Waals surface area contributed by atoms with Crippen molar-refractivity contribution in [1.82, 2.24) is 24.6 Å². The summed E-state index contributed by atoms with van der Waals surface area (Å²) in [7, 11) is 17.8. The fraction of sp³-hybridized carbons (Fsp3) is 0.640. The summed E-state index contributed by atoms with van der Waals surface area (Å²) < 4.78 is 0. The van der Waals surface area contributed by atoms with Gasteiger partial charge in [-0.05, 0) is 75.1 Å². The standard InChI is InChI=1S/C25H39N5/c1-27-16-17-28(2)23-13-6-8-15-25(23)30(4)19-21-11-9-10-20(26-21)18-29(3)24-14-7-5-12-22(24)27/h9-11,22-25H,1-8,12-19H2/q-4/t22-,23-,24-,25-/m1/s1. The second kappa shape index (κ2) is 10.1. The molecule has 4 rings (SSSR count). The Morgan fingerprint density at radius 1 is 0.600 bits per heavy atom. The van der Waals surface area contributed by atoms with Crippen LogP contribution in [0.3, 0.4) is 0 Å². The molecule has 0 amide bonds. The molecule has 168 valence electrons. The Morgan fingerprint density at radius 2 is 0.967 bits per heavy atom. The van der Waals surface area contributed by atoms with Crippen LogP contribution in [0.1, 0.15) is 62.8 Å². The van der Waals surface area contributed by atoms with Gasteiger partial charge in [0.25, 0.3) is 0 Å². The highest BCUT2D eigenvalue weighted by Crippen LogP contribution is 2.30. The lowest BCUT2D eigenvalue weighted by molar-refractivity contribution is 0.0683. The van der Waals surface area contributed by atoms with Gasteiger partial charge in [0.2, 0.25) is 0 Å². The van der Waals surface area contributed by atoms with E-state index in [1.54, 1.807) is 0 Å². The van der Waals surface area contributed by atoms with E-state index in [0.717, 1.165) is 37.6 Å². The van der Waals surface area contributed by atoms with Gasteiger partial charge >= 0.3 is 0 Å². The summed E-state index contributed by atoms with van der Waals surface area (Å²) in [6.07, 6.45) is 9.88. The number of aromatic nitrogens is 1. The molecule has 30 heavy (non-hydrogen) atoms. The van der Waals surface area contributed by atoms with Crippen molar-refractivity contribution in [1.29, 1.82) is 0 Å². The number of pyridine rings is 1. The highest BCUT2D eigenvalue weighted by molar-refractivity contribution is 5.12. The molecule has 0 spiro atoms. The molecule has 2 bridgehead atoms. The van der Waals surface area contributed by atoms with Crippen LogP contribution >= 0.6 is 0 Å². The molecule has 2 heterocycles. The van der Waals surface area contributed by atoms with Crippen molar-refractivity contribution in [3.8, 4) is 0 Å².